The maximum Gasteiger partial charge on any atom is 0.353 e. The van der Waals surface area contributed by atoms with Gasteiger partial charge in [-0.25, -0.2) is 4.79 Å². The first-order chi connectivity index (χ1) is 17.3. The lowest BCUT2D eigenvalue weighted by molar-refractivity contribution is -0.150. The number of hydrogen-bond donors (Lipinski definition) is 3. The van der Waals surface area contributed by atoms with E-state index in [1.54, 1.807) is 18.5 Å². The second kappa shape index (κ2) is 11.1. The third kappa shape index (κ3) is 5.37. The summed E-state index contributed by atoms with van der Waals surface area (Å²) < 4.78 is 3.98. The molecule has 188 valence electrons. The average Bonchev–Trinajstić information content (AvgIpc) is 3.29. The molecule has 1 unspecified atom stereocenters. The lowest BCUT2D eigenvalue weighted by atomic mass is 10.0. The van der Waals surface area contributed by atoms with Gasteiger partial charge in [-0.3, -0.25) is 19.5 Å². The Morgan fingerprint density at radius 1 is 1.44 bits per heavy atom. The average molecular weight is 548 g/mol. The van der Waals surface area contributed by atoms with Crippen LogP contribution in [0, 0.1) is 6.92 Å². The highest BCUT2D eigenvalue weighted by Crippen LogP contribution is 2.43. The number of pyridine rings is 1. The van der Waals surface area contributed by atoms with Gasteiger partial charge in [0.1, 0.15) is 23.7 Å². The fourth-order valence-electron chi connectivity index (χ4n) is 3.31. The summed E-state index contributed by atoms with van der Waals surface area (Å²) in [5.74, 6) is -2.15. The molecule has 2 aliphatic heterocycles. The van der Waals surface area contributed by atoms with Crippen LogP contribution in [0.3, 0.4) is 0 Å². The Hall–Kier alpha value is -3.43. The molecule has 0 radical (unpaired) electrons. The first kappa shape index (κ1) is 25.7. The van der Waals surface area contributed by atoms with Crippen molar-refractivity contribution >= 4 is 69.8 Å². The summed E-state index contributed by atoms with van der Waals surface area (Å²) in [6, 6.07) is 2.84. The zero-order valence-electron chi connectivity index (χ0n) is 19.1. The Labute approximate surface area is 218 Å². The number of carbonyl (C=O) groups is 3. The molecule has 2 atom stereocenters. The number of thioether (sulfide) groups is 2. The van der Waals surface area contributed by atoms with Gasteiger partial charge >= 0.3 is 5.97 Å². The van der Waals surface area contributed by atoms with Crippen LogP contribution in [-0.4, -0.2) is 71.6 Å². The number of aromatic nitrogens is 3. The second-order valence-electron chi connectivity index (χ2n) is 7.41. The van der Waals surface area contributed by atoms with Crippen LogP contribution in [0.2, 0.25) is 0 Å². The normalized spacial score (nSPS) is 19.8. The molecule has 2 aromatic rings. The van der Waals surface area contributed by atoms with Gasteiger partial charge in [-0.1, -0.05) is 23.0 Å². The molecule has 0 saturated carbocycles. The number of carbonyl (C=O) groups excluding carboxylic acids is 2. The number of β-lactam (4-membered cyclic amide) rings is 1. The third-order valence-electron chi connectivity index (χ3n) is 4.98. The molecule has 0 aliphatic carbocycles. The number of rotatable bonds is 9. The molecule has 36 heavy (non-hydrogen) atoms. The molecule has 15 heteroatoms. The fourth-order valence-corrected chi connectivity index (χ4v) is 6.10. The largest absolute Gasteiger partial charge is 0.477 e. The van der Waals surface area contributed by atoms with E-state index in [-0.39, 0.29) is 29.0 Å². The second-order valence-corrected chi connectivity index (χ2v) is 10.3. The Morgan fingerprint density at radius 3 is 2.89 bits per heavy atom. The van der Waals surface area contributed by atoms with E-state index in [4.69, 9.17) is 10.6 Å². The smallest absolute Gasteiger partial charge is 0.353 e. The molecule has 4 rings (SSSR count). The molecule has 2 aliphatic rings. The van der Waals surface area contributed by atoms with Crippen molar-refractivity contribution < 1.29 is 24.3 Å². The number of aryl methyl sites for hydroxylation is 1. The quantitative estimate of drug-likeness (QED) is 0.237. The van der Waals surface area contributed by atoms with Gasteiger partial charge in [0.2, 0.25) is 11.5 Å². The number of anilines is 1. The highest BCUT2D eigenvalue weighted by atomic mass is 32.2. The highest BCUT2D eigenvalue weighted by molar-refractivity contribution is 8.08. The molecule has 12 nitrogen and oxygen atoms in total. The summed E-state index contributed by atoms with van der Waals surface area (Å²) in [4.78, 5) is 52.8. The number of nitrogens with zero attached hydrogens (tertiary/aromatic N) is 5. The minimum atomic E-state index is -1.22. The molecule has 0 bridgehead atoms. The molecule has 0 aromatic carbocycles. The van der Waals surface area contributed by atoms with E-state index in [1.807, 2.05) is 25.1 Å². The summed E-state index contributed by atoms with van der Waals surface area (Å²) >= 11 is 3.47. The molecule has 4 heterocycles. The topological polar surface area (TPSA) is 173 Å². The Morgan fingerprint density at radius 2 is 2.25 bits per heavy atom. The maximum atomic E-state index is 12.9. The van der Waals surface area contributed by atoms with Crippen LogP contribution in [0.15, 0.2) is 39.5 Å². The fraction of sp³-hybridized carbons (Fsp3) is 0.286. The molecule has 1 fully saturated rings. The van der Waals surface area contributed by atoms with E-state index >= 15 is 0 Å². The van der Waals surface area contributed by atoms with Crippen molar-refractivity contribution in [3.05, 3.63) is 51.4 Å². The summed E-state index contributed by atoms with van der Waals surface area (Å²) in [6.45, 7) is 3.78. The number of nitrogen functional groups attached to an aromatic ring is 1. The number of carboxylic acids is 1. The van der Waals surface area contributed by atoms with E-state index in [0.717, 1.165) is 22.8 Å². The van der Waals surface area contributed by atoms with Gasteiger partial charge in [0.05, 0.1) is 0 Å². The van der Waals surface area contributed by atoms with E-state index in [1.165, 1.54) is 28.4 Å². The van der Waals surface area contributed by atoms with Crippen molar-refractivity contribution in [1.29, 1.82) is 0 Å². The maximum absolute atomic E-state index is 12.9. The number of oxime groups is 1. The molecule has 0 spiro atoms. The Balaban J connectivity index is 1.48. The van der Waals surface area contributed by atoms with Crippen LogP contribution in [0.5, 0.6) is 0 Å². The van der Waals surface area contributed by atoms with E-state index in [2.05, 4.69) is 24.8 Å². The van der Waals surface area contributed by atoms with Gasteiger partial charge in [-0.2, -0.15) is 9.36 Å². The number of fused-ring (bicyclic) bond motifs is 1. The Kier molecular flexibility index (Phi) is 7.91. The lowest BCUT2D eigenvalue weighted by Crippen LogP contribution is -2.71. The van der Waals surface area contributed by atoms with Gasteiger partial charge in [0, 0.05) is 34.1 Å². The predicted octanol–water partition coefficient (Wildman–Crippen LogP) is 1.66. The number of nitrogens with two attached hydrogens (primary N) is 1. The van der Waals surface area contributed by atoms with Crippen molar-refractivity contribution in [1.82, 2.24) is 24.6 Å². The van der Waals surface area contributed by atoms with Gasteiger partial charge in [-0.05, 0) is 37.0 Å². The number of aliphatic carboxylic acids is 1. The van der Waals surface area contributed by atoms with Crippen LogP contribution in [0.1, 0.15) is 24.0 Å². The van der Waals surface area contributed by atoms with Gasteiger partial charge < -0.3 is 21.0 Å². The minimum Gasteiger partial charge on any atom is -0.477 e. The first-order valence-electron chi connectivity index (χ1n) is 10.6. The van der Waals surface area contributed by atoms with E-state index < -0.39 is 29.2 Å². The standard InChI is InChI=1S/C21H21N7O5S3/c1-3-33-26-13(16-25-21(22)36-27-16)17(29)24-14-18(30)28-15(20(31)32)12(9-35-19(14)28)34-7-6-11-5-4-10(2)23-8-11/h4-8,14,19H,3,9H2,1-2H3,(H,24,29)(H,31,32)(H2,22,25,27)/b7-6-,26-13?/t14?,19-/m0/s1. The first-order valence-corrected chi connectivity index (χ1v) is 13.3. The van der Waals surface area contributed by atoms with Crippen molar-refractivity contribution in [2.24, 2.45) is 5.16 Å². The zero-order valence-corrected chi connectivity index (χ0v) is 21.5. The zero-order chi connectivity index (χ0) is 25.8. The summed E-state index contributed by atoms with van der Waals surface area (Å²) in [5, 5.41) is 17.5. The molecular formula is C21H21N7O5S3. The van der Waals surface area contributed by atoms with Crippen LogP contribution in [-0.2, 0) is 19.2 Å². The summed E-state index contributed by atoms with van der Waals surface area (Å²) in [5.41, 5.74) is 7.05. The molecule has 2 aromatic heterocycles. The van der Waals surface area contributed by atoms with E-state index in [9.17, 15) is 19.5 Å². The summed E-state index contributed by atoms with van der Waals surface area (Å²) in [7, 11) is 0. The van der Waals surface area contributed by atoms with Gasteiger partial charge in [0.15, 0.2) is 5.13 Å². The van der Waals surface area contributed by atoms with Gasteiger partial charge in [-0.15, -0.1) is 11.8 Å². The highest BCUT2D eigenvalue weighted by Gasteiger charge is 2.54. The third-order valence-corrected chi connectivity index (χ3v) is 7.88. The van der Waals surface area contributed by atoms with Crippen molar-refractivity contribution in [2.45, 2.75) is 25.3 Å². The van der Waals surface area contributed by atoms with Gasteiger partial charge in [0.25, 0.3) is 11.8 Å². The number of carboxylic acid groups (broad SMARTS) is 1. The van der Waals surface area contributed by atoms with Crippen molar-refractivity contribution in [2.75, 3.05) is 18.1 Å². The minimum absolute atomic E-state index is 0.0243. The predicted molar refractivity (Wildman–Crippen MR) is 138 cm³/mol. The number of hydrogen-bond acceptors (Lipinski definition) is 12. The number of amides is 2. The van der Waals surface area contributed by atoms with Crippen molar-refractivity contribution in [3.63, 3.8) is 0 Å². The van der Waals surface area contributed by atoms with E-state index in [0.29, 0.717) is 10.7 Å². The van der Waals surface area contributed by atoms with Crippen LogP contribution in [0.25, 0.3) is 6.08 Å². The van der Waals surface area contributed by atoms with Crippen LogP contribution in [0.4, 0.5) is 5.13 Å². The monoisotopic (exact) mass is 547 g/mol. The molecule has 1 saturated heterocycles. The van der Waals surface area contributed by atoms with Crippen molar-refractivity contribution in [3.8, 4) is 0 Å². The van der Waals surface area contributed by atoms with Crippen LogP contribution >= 0.6 is 35.1 Å². The summed E-state index contributed by atoms with van der Waals surface area (Å²) in [6.07, 6.45) is 3.54. The Bertz CT molecular complexity index is 1270. The molecule has 2 amide bonds. The SMILES string of the molecule is CCON=C(C(=O)NC1C(=O)N2C(C(=O)O)=C(S/C=C\c3ccc(C)nc3)CS[C@@H]12)c1nsc(N)n1. The molecule has 4 N–H and O–H groups in total. The lowest BCUT2D eigenvalue weighted by Gasteiger charge is -2.49. The number of nitrogens with one attached hydrogen (secondary N) is 1. The molecular weight excluding hydrogens is 526 g/mol. The van der Waals surface area contributed by atoms with Crippen LogP contribution < -0.4 is 11.1 Å².